The van der Waals surface area contributed by atoms with E-state index in [2.05, 4.69) is 24.5 Å². The zero-order valence-electron chi connectivity index (χ0n) is 12.4. The van der Waals surface area contributed by atoms with Gasteiger partial charge in [-0.1, -0.05) is 25.4 Å². The van der Waals surface area contributed by atoms with E-state index in [1.165, 1.54) is 0 Å². The van der Waals surface area contributed by atoms with Gasteiger partial charge in [0.15, 0.2) is 0 Å². The van der Waals surface area contributed by atoms with E-state index in [-0.39, 0.29) is 11.8 Å². The molecule has 1 aliphatic rings. The van der Waals surface area contributed by atoms with Crippen LogP contribution in [-0.4, -0.2) is 18.4 Å². The third-order valence-electron chi connectivity index (χ3n) is 3.73. The molecule has 1 aromatic rings. The number of hydrogen-bond donors (Lipinski definition) is 2. The largest absolute Gasteiger partial charge is 0.355 e. The quantitative estimate of drug-likeness (QED) is 0.793. The highest BCUT2D eigenvalue weighted by Gasteiger charge is 2.56. The first-order chi connectivity index (χ1) is 9.94. The molecule has 0 unspecified atom stereocenters. The van der Waals surface area contributed by atoms with Gasteiger partial charge in [-0.2, -0.15) is 0 Å². The summed E-state index contributed by atoms with van der Waals surface area (Å²) in [6, 6.07) is 6.87. The Labute approximate surface area is 130 Å². The second kappa shape index (κ2) is 6.48. The van der Waals surface area contributed by atoms with Crippen LogP contribution in [0.15, 0.2) is 24.3 Å². The highest BCUT2D eigenvalue weighted by Crippen LogP contribution is 2.46. The summed E-state index contributed by atoms with van der Waals surface area (Å²) in [7, 11) is 0. The first kappa shape index (κ1) is 15.8. The third kappa shape index (κ3) is 3.97. The van der Waals surface area contributed by atoms with Crippen molar-refractivity contribution in [3.8, 4) is 0 Å². The van der Waals surface area contributed by atoms with Crippen molar-refractivity contribution in [2.24, 2.45) is 11.3 Å². The summed E-state index contributed by atoms with van der Waals surface area (Å²) in [4.78, 5) is 24.5. The molecule has 0 heterocycles. The molecule has 1 aromatic carbocycles. The summed E-state index contributed by atoms with van der Waals surface area (Å²) in [5.74, 6) is 0.143. The second-order valence-corrected chi connectivity index (χ2v) is 6.42. The van der Waals surface area contributed by atoms with Gasteiger partial charge in [-0.25, -0.2) is 0 Å². The summed E-state index contributed by atoms with van der Waals surface area (Å²) >= 11 is 5.81. The fraction of sp³-hybridized carbons (Fsp3) is 0.500. The first-order valence-electron chi connectivity index (χ1n) is 7.29. The van der Waals surface area contributed by atoms with Crippen LogP contribution in [0.1, 0.15) is 33.1 Å². The van der Waals surface area contributed by atoms with Crippen LogP contribution in [0.4, 0.5) is 5.69 Å². The topological polar surface area (TPSA) is 58.2 Å². The Morgan fingerprint density at radius 2 is 1.81 bits per heavy atom. The number of halogens is 1. The van der Waals surface area contributed by atoms with E-state index in [9.17, 15) is 9.59 Å². The Kier molecular flexibility index (Phi) is 4.88. The number of benzene rings is 1. The molecule has 0 spiro atoms. The lowest BCUT2D eigenvalue weighted by atomic mass is 10.0. The normalized spacial score (nSPS) is 15.6. The van der Waals surface area contributed by atoms with E-state index in [0.29, 0.717) is 36.0 Å². The van der Waals surface area contributed by atoms with Crippen molar-refractivity contribution >= 4 is 29.1 Å². The Morgan fingerprint density at radius 3 is 2.33 bits per heavy atom. The summed E-state index contributed by atoms with van der Waals surface area (Å²) in [6.45, 7) is 4.82. The van der Waals surface area contributed by atoms with Gasteiger partial charge >= 0.3 is 0 Å². The summed E-state index contributed by atoms with van der Waals surface area (Å²) in [6.07, 6.45) is 2.14. The predicted octanol–water partition coefficient (Wildman–Crippen LogP) is 3.22. The Bertz CT molecular complexity index is 522. The molecule has 114 valence electrons. The highest BCUT2D eigenvalue weighted by molar-refractivity contribution is 6.30. The Morgan fingerprint density at radius 1 is 1.19 bits per heavy atom. The standard InChI is InChI=1S/C16H21ClN2O2/c1-11(2)7-10-18-14(20)16(8-9-16)15(21)19-13-5-3-12(17)4-6-13/h3-6,11H,7-10H2,1-2H3,(H,18,20)(H,19,21). The van der Waals surface area contributed by atoms with Gasteiger partial charge in [0, 0.05) is 17.3 Å². The molecule has 1 saturated carbocycles. The maximum absolute atomic E-state index is 12.3. The van der Waals surface area contributed by atoms with Crippen molar-refractivity contribution in [3.63, 3.8) is 0 Å². The average Bonchev–Trinajstić information content (AvgIpc) is 3.22. The lowest BCUT2D eigenvalue weighted by Gasteiger charge is -2.16. The Balaban J connectivity index is 1.91. The molecule has 21 heavy (non-hydrogen) atoms. The van der Waals surface area contributed by atoms with E-state index >= 15 is 0 Å². The van der Waals surface area contributed by atoms with Crippen molar-refractivity contribution in [2.75, 3.05) is 11.9 Å². The lowest BCUT2D eigenvalue weighted by molar-refractivity contribution is -0.134. The molecule has 1 fully saturated rings. The van der Waals surface area contributed by atoms with E-state index in [1.54, 1.807) is 24.3 Å². The molecule has 0 aromatic heterocycles. The van der Waals surface area contributed by atoms with Crippen LogP contribution in [0.5, 0.6) is 0 Å². The molecule has 2 amide bonds. The van der Waals surface area contributed by atoms with Gasteiger partial charge < -0.3 is 10.6 Å². The van der Waals surface area contributed by atoms with Crippen LogP contribution in [0.3, 0.4) is 0 Å². The summed E-state index contributed by atoms with van der Waals surface area (Å²) < 4.78 is 0. The number of hydrogen-bond acceptors (Lipinski definition) is 2. The summed E-state index contributed by atoms with van der Waals surface area (Å²) in [5, 5.41) is 6.28. The fourth-order valence-corrected chi connectivity index (χ4v) is 2.24. The van der Waals surface area contributed by atoms with Gasteiger partial charge in [0.25, 0.3) is 0 Å². The van der Waals surface area contributed by atoms with Crippen molar-refractivity contribution in [1.82, 2.24) is 5.32 Å². The van der Waals surface area contributed by atoms with Gasteiger partial charge in [-0.05, 0) is 49.4 Å². The number of carbonyl (C=O) groups excluding carboxylic acids is 2. The minimum Gasteiger partial charge on any atom is -0.355 e. The molecule has 4 nitrogen and oxygen atoms in total. The second-order valence-electron chi connectivity index (χ2n) is 5.98. The summed E-state index contributed by atoms with van der Waals surface area (Å²) in [5.41, 5.74) is -0.220. The minimum absolute atomic E-state index is 0.158. The first-order valence-corrected chi connectivity index (χ1v) is 7.67. The SMILES string of the molecule is CC(C)CCNC(=O)C1(C(=O)Nc2ccc(Cl)cc2)CC1. The molecule has 5 heteroatoms. The monoisotopic (exact) mass is 308 g/mol. The fourth-order valence-electron chi connectivity index (χ4n) is 2.11. The zero-order chi connectivity index (χ0) is 15.5. The van der Waals surface area contributed by atoms with Crippen LogP contribution in [-0.2, 0) is 9.59 Å². The van der Waals surface area contributed by atoms with Gasteiger partial charge in [-0.3, -0.25) is 9.59 Å². The minimum atomic E-state index is -0.878. The van der Waals surface area contributed by atoms with E-state index in [4.69, 9.17) is 11.6 Å². The van der Waals surface area contributed by atoms with Gasteiger partial charge in [0.1, 0.15) is 5.41 Å². The number of amides is 2. The van der Waals surface area contributed by atoms with Crippen LogP contribution < -0.4 is 10.6 Å². The van der Waals surface area contributed by atoms with Crippen molar-refractivity contribution < 1.29 is 9.59 Å². The number of carbonyl (C=O) groups is 2. The van der Waals surface area contributed by atoms with E-state index in [1.807, 2.05) is 0 Å². The molecule has 0 saturated heterocycles. The van der Waals surface area contributed by atoms with Gasteiger partial charge in [0.2, 0.25) is 11.8 Å². The molecule has 0 atom stereocenters. The van der Waals surface area contributed by atoms with E-state index < -0.39 is 5.41 Å². The van der Waals surface area contributed by atoms with Crippen molar-refractivity contribution in [3.05, 3.63) is 29.3 Å². The molecular formula is C16H21ClN2O2. The van der Waals surface area contributed by atoms with Gasteiger partial charge in [0.05, 0.1) is 0 Å². The van der Waals surface area contributed by atoms with Crippen molar-refractivity contribution in [1.29, 1.82) is 0 Å². The molecular weight excluding hydrogens is 288 g/mol. The third-order valence-corrected chi connectivity index (χ3v) is 3.98. The maximum Gasteiger partial charge on any atom is 0.240 e. The number of anilines is 1. The predicted molar refractivity (Wildman–Crippen MR) is 84.2 cm³/mol. The molecule has 0 aliphatic heterocycles. The molecule has 0 bridgehead atoms. The van der Waals surface area contributed by atoms with Gasteiger partial charge in [-0.15, -0.1) is 0 Å². The lowest BCUT2D eigenvalue weighted by Crippen LogP contribution is -2.40. The smallest absolute Gasteiger partial charge is 0.240 e. The van der Waals surface area contributed by atoms with E-state index in [0.717, 1.165) is 6.42 Å². The van der Waals surface area contributed by atoms with Crippen LogP contribution >= 0.6 is 11.6 Å². The van der Waals surface area contributed by atoms with Crippen molar-refractivity contribution in [2.45, 2.75) is 33.1 Å². The zero-order valence-corrected chi connectivity index (χ0v) is 13.2. The van der Waals surface area contributed by atoms with Crippen LogP contribution in [0.25, 0.3) is 0 Å². The van der Waals surface area contributed by atoms with Crippen LogP contribution in [0, 0.1) is 11.3 Å². The molecule has 2 N–H and O–H groups in total. The molecule has 0 radical (unpaired) electrons. The number of rotatable bonds is 6. The molecule has 2 rings (SSSR count). The number of nitrogens with one attached hydrogen (secondary N) is 2. The Hall–Kier alpha value is -1.55. The average molecular weight is 309 g/mol. The maximum atomic E-state index is 12.3. The van der Waals surface area contributed by atoms with Crippen LogP contribution in [0.2, 0.25) is 5.02 Å². The highest BCUT2D eigenvalue weighted by atomic mass is 35.5. The molecule has 1 aliphatic carbocycles.